The van der Waals surface area contributed by atoms with Gasteiger partial charge in [-0.2, -0.15) is 0 Å². The fourth-order valence-electron chi connectivity index (χ4n) is 6.62. The van der Waals surface area contributed by atoms with Gasteiger partial charge >= 0.3 is 6.03 Å². The Morgan fingerprint density at radius 2 is 1.80 bits per heavy atom. The van der Waals surface area contributed by atoms with E-state index in [0.29, 0.717) is 35.1 Å². The number of thiophene rings is 1. The lowest BCUT2D eigenvalue weighted by molar-refractivity contribution is -0.117. The maximum absolute atomic E-state index is 13.5. The van der Waals surface area contributed by atoms with Gasteiger partial charge in [0.25, 0.3) is 11.8 Å². The SMILES string of the molecule is Cc1csc2c1C13CC1CN(C(=O)Nc1cc(C(=O)NC(C)(C)c4cc(C(=O)NCCC(N)=O)n(C)c4)n(C)c1)C3=CC2=O. The van der Waals surface area contributed by atoms with Gasteiger partial charge in [0.2, 0.25) is 5.91 Å². The highest BCUT2D eigenvalue weighted by Gasteiger charge is 2.68. The lowest BCUT2D eigenvalue weighted by Crippen LogP contribution is -2.41. The summed E-state index contributed by atoms with van der Waals surface area (Å²) in [5.41, 5.74) is 8.86. The van der Waals surface area contributed by atoms with Crippen LogP contribution in [0, 0.1) is 12.8 Å². The van der Waals surface area contributed by atoms with Crippen molar-refractivity contribution in [2.45, 2.75) is 44.6 Å². The number of aryl methyl sites for hydroxylation is 3. The van der Waals surface area contributed by atoms with E-state index < -0.39 is 11.4 Å². The van der Waals surface area contributed by atoms with Crippen LogP contribution in [0.15, 0.2) is 41.7 Å². The van der Waals surface area contributed by atoms with Crippen LogP contribution in [0.1, 0.15) is 74.0 Å². The first-order chi connectivity index (χ1) is 20.7. The van der Waals surface area contributed by atoms with Crippen molar-refractivity contribution in [1.29, 1.82) is 0 Å². The van der Waals surface area contributed by atoms with Crippen molar-refractivity contribution in [3.63, 3.8) is 0 Å². The number of amides is 5. The number of carbonyl (C=O) groups excluding carboxylic acids is 5. The number of hydrogen-bond acceptors (Lipinski definition) is 6. The zero-order valence-electron chi connectivity index (χ0n) is 25.2. The number of anilines is 1. The van der Waals surface area contributed by atoms with Gasteiger partial charge in [0.05, 0.1) is 16.1 Å². The lowest BCUT2D eigenvalue weighted by Gasteiger charge is -2.28. The summed E-state index contributed by atoms with van der Waals surface area (Å²) in [6.07, 6.45) is 6.03. The number of nitrogens with zero attached hydrogens (tertiary/aromatic N) is 3. The molecule has 6 rings (SSSR count). The van der Waals surface area contributed by atoms with Gasteiger partial charge in [-0.1, -0.05) is 0 Å². The van der Waals surface area contributed by atoms with Crippen molar-refractivity contribution in [1.82, 2.24) is 24.7 Å². The van der Waals surface area contributed by atoms with Crippen LogP contribution in [0.2, 0.25) is 0 Å². The molecule has 1 spiro atoms. The first-order valence-electron chi connectivity index (χ1n) is 14.4. The van der Waals surface area contributed by atoms with E-state index in [1.54, 1.807) is 58.7 Å². The molecule has 1 aliphatic heterocycles. The number of urea groups is 1. The standard InChI is InChI=1S/C31H35N7O5S/c1-16-15-44-26-22(39)10-23-31(25(16)26)11-18(31)13-38(23)29(43)34-19-9-21(37(5)14-19)28(42)35-30(2,3)17-8-20(36(4)12-17)27(41)33-7-6-24(32)40/h8-10,12,14-15,18H,6-7,11,13H2,1-5H3,(H2,32,40)(H,33,41)(H,34,43)(H,35,42). The molecule has 3 aliphatic rings. The Balaban J connectivity index is 1.13. The Morgan fingerprint density at radius 1 is 1.09 bits per heavy atom. The van der Waals surface area contributed by atoms with E-state index in [0.717, 1.165) is 28.1 Å². The van der Waals surface area contributed by atoms with E-state index in [4.69, 9.17) is 5.73 Å². The minimum Gasteiger partial charge on any atom is -0.370 e. The molecule has 230 valence electrons. The molecule has 4 heterocycles. The molecular weight excluding hydrogens is 582 g/mol. The number of carbonyl (C=O) groups is 5. The van der Waals surface area contributed by atoms with Crippen LogP contribution >= 0.6 is 11.3 Å². The molecule has 0 bridgehead atoms. The number of ketones is 1. The molecule has 0 radical (unpaired) electrons. The molecule has 3 aromatic heterocycles. The highest BCUT2D eigenvalue weighted by atomic mass is 32.1. The summed E-state index contributed by atoms with van der Waals surface area (Å²) in [6.45, 7) is 6.35. The summed E-state index contributed by atoms with van der Waals surface area (Å²) in [4.78, 5) is 65.8. The summed E-state index contributed by atoms with van der Waals surface area (Å²) in [5, 5.41) is 10.6. The van der Waals surface area contributed by atoms with Crippen molar-refractivity contribution < 1.29 is 24.0 Å². The minimum absolute atomic E-state index is 0.0379. The van der Waals surface area contributed by atoms with E-state index >= 15 is 0 Å². The monoisotopic (exact) mass is 617 g/mol. The number of rotatable bonds is 8. The third-order valence-electron chi connectivity index (χ3n) is 8.94. The van der Waals surface area contributed by atoms with Crippen molar-refractivity contribution in [2.75, 3.05) is 18.4 Å². The Hall–Kier alpha value is -4.65. The predicted molar refractivity (Wildman–Crippen MR) is 164 cm³/mol. The topological polar surface area (TPSA) is 161 Å². The molecule has 2 aliphatic carbocycles. The molecule has 5 N–H and O–H groups in total. The van der Waals surface area contributed by atoms with Crippen LogP contribution in [0.3, 0.4) is 0 Å². The number of piperidine rings is 1. The van der Waals surface area contributed by atoms with Gasteiger partial charge in [0.15, 0.2) is 5.78 Å². The maximum Gasteiger partial charge on any atom is 0.326 e. The number of primary amides is 1. The van der Waals surface area contributed by atoms with Crippen LogP contribution < -0.4 is 21.7 Å². The lowest BCUT2D eigenvalue weighted by atomic mass is 9.84. The number of nitrogens with one attached hydrogen (secondary N) is 3. The molecule has 2 atom stereocenters. The fraction of sp³-hybridized carbons (Fsp3) is 0.387. The van der Waals surface area contributed by atoms with Gasteiger partial charge in [-0.3, -0.25) is 24.1 Å². The summed E-state index contributed by atoms with van der Waals surface area (Å²) < 4.78 is 3.29. The summed E-state index contributed by atoms with van der Waals surface area (Å²) in [5.74, 6) is -0.989. The fourth-order valence-corrected chi connectivity index (χ4v) is 7.67. The highest BCUT2D eigenvalue weighted by Crippen LogP contribution is 2.67. The first kappa shape index (κ1) is 29.4. The summed E-state index contributed by atoms with van der Waals surface area (Å²) in [6, 6.07) is 2.96. The first-order valence-corrected chi connectivity index (χ1v) is 15.3. The average Bonchev–Trinajstić information content (AvgIpc) is 3.33. The van der Waals surface area contributed by atoms with Crippen LogP contribution in [0.4, 0.5) is 10.5 Å². The number of likely N-dealkylation sites (tertiary alicyclic amines) is 1. The second-order valence-electron chi connectivity index (χ2n) is 12.4. The summed E-state index contributed by atoms with van der Waals surface area (Å²) in [7, 11) is 3.44. The van der Waals surface area contributed by atoms with Crippen LogP contribution in [0.5, 0.6) is 0 Å². The number of aromatic nitrogens is 2. The Bertz CT molecular complexity index is 1790. The van der Waals surface area contributed by atoms with Gasteiger partial charge in [-0.25, -0.2) is 4.79 Å². The van der Waals surface area contributed by atoms with Gasteiger partial charge in [0.1, 0.15) is 11.4 Å². The molecule has 2 fully saturated rings. The van der Waals surface area contributed by atoms with Gasteiger partial charge in [-0.15, -0.1) is 11.3 Å². The number of hydrogen-bond donors (Lipinski definition) is 4. The van der Waals surface area contributed by atoms with Gasteiger partial charge in [-0.05, 0) is 67.3 Å². The van der Waals surface area contributed by atoms with Crippen molar-refractivity contribution in [2.24, 2.45) is 25.7 Å². The number of allylic oxidation sites excluding steroid dienone is 2. The highest BCUT2D eigenvalue weighted by molar-refractivity contribution is 7.12. The molecule has 0 aromatic carbocycles. The van der Waals surface area contributed by atoms with Crippen LogP contribution in [-0.2, 0) is 29.8 Å². The molecule has 1 saturated heterocycles. The molecule has 3 aromatic rings. The molecule has 13 heteroatoms. The van der Waals surface area contributed by atoms with Crippen LogP contribution in [-0.4, -0.2) is 56.7 Å². The summed E-state index contributed by atoms with van der Waals surface area (Å²) >= 11 is 1.48. The average molecular weight is 618 g/mol. The zero-order chi connectivity index (χ0) is 31.7. The van der Waals surface area contributed by atoms with E-state index in [1.807, 2.05) is 26.2 Å². The molecule has 12 nitrogen and oxygen atoms in total. The molecule has 2 unspecified atom stereocenters. The Kier molecular flexibility index (Phi) is 6.83. The zero-order valence-corrected chi connectivity index (χ0v) is 26.1. The van der Waals surface area contributed by atoms with E-state index in [1.165, 1.54) is 11.3 Å². The second kappa shape index (κ2) is 10.2. The minimum atomic E-state index is -0.849. The van der Waals surface area contributed by atoms with Crippen molar-refractivity contribution in [3.8, 4) is 0 Å². The normalized spacial score (nSPS) is 19.9. The third-order valence-corrected chi connectivity index (χ3v) is 10.1. The Morgan fingerprint density at radius 3 is 2.52 bits per heavy atom. The third kappa shape index (κ3) is 4.71. The van der Waals surface area contributed by atoms with Gasteiger partial charge < -0.3 is 30.8 Å². The molecule has 5 amide bonds. The van der Waals surface area contributed by atoms with Crippen molar-refractivity contribution >= 4 is 46.6 Å². The van der Waals surface area contributed by atoms with Crippen molar-refractivity contribution in [3.05, 3.63) is 74.6 Å². The molecular formula is C31H35N7O5S. The number of fused-ring (bicyclic) bond motifs is 1. The number of nitrogens with two attached hydrogens (primary N) is 1. The van der Waals surface area contributed by atoms with E-state index in [-0.39, 0.29) is 42.0 Å². The van der Waals surface area contributed by atoms with E-state index in [2.05, 4.69) is 16.0 Å². The molecule has 1 saturated carbocycles. The van der Waals surface area contributed by atoms with Crippen LogP contribution in [0.25, 0.3) is 0 Å². The maximum atomic E-state index is 13.5. The Labute approximate surface area is 258 Å². The van der Waals surface area contributed by atoms with Gasteiger partial charge in [0, 0.05) is 63.2 Å². The quantitative estimate of drug-likeness (QED) is 0.305. The largest absolute Gasteiger partial charge is 0.370 e. The smallest absolute Gasteiger partial charge is 0.326 e. The second-order valence-corrected chi connectivity index (χ2v) is 13.3. The molecule has 44 heavy (non-hydrogen) atoms. The predicted octanol–water partition coefficient (Wildman–Crippen LogP) is 2.89. The van der Waals surface area contributed by atoms with E-state index in [9.17, 15) is 24.0 Å².